The van der Waals surface area contributed by atoms with Gasteiger partial charge in [0.2, 0.25) is 0 Å². The van der Waals surface area contributed by atoms with Gasteiger partial charge in [0.1, 0.15) is 11.6 Å². The fourth-order valence-corrected chi connectivity index (χ4v) is 4.24. The Morgan fingerprint density at radius 3 is 2.10 bits per heavy atom. The third kappa shape index (κ3) is 8.93. The van der Waals surface area contributed by atoms with Crippen molar-refractivity contribution in [3.63, 3.8) is 0 Å². The van der Waals surface area contributed by atoms with Crippen LogP contribution in [0.15, 0.2) is 60.8 Å². The van der Waals surface area contributed by atoms with Crippen LogP contribution in [0.3, 0.4) is 0 Å². The summed E-state index contributed by atoms with van der Waals surface area (Å²) in [7, 11) is 0. The molecule has 0 saturated carbocycles. The summed E-state index contributed by atoms with van der Waals surface area (Å²) < 4.78 is 46.9. The molecule has 0 radical (unpaired) electrons. The first-order chi connectivity index (χ1) is 19.2. The molecule has 0 aliphatic carbocycles. The van der Waals surface area contributed by atoms with Crippen molar-refractivity contribution in [2.75, 3.05) is 23.3 Å². The fraction of sp³-hybridized carbons (Fsp3) is 0.286. The molecule has 2 aromatic carbocycles. The van der Waals surface area contributed by atoms with Crippen LogP contribution in [0.2, 0.25) is 0 Å². The fourth-order valence-electron chi connectivity index (χ4n) is 4.24. The number of amides is 1. The summed E-state index contributed by atoms with van der Waals surface area (Å²) in [6, 6.07) is 14.5. The van der Waals surface area contributed by atoms with E-state index in [-0.39, 0.29) is 23.9 Å². The van der Waals surface area contributed by atoms with Crippen LogP contribution in [0, 0.1) is 6.92 Å². The average Bonchev–Trinajstić information content (AvgIpc) is 2.88. The Hall–Kier alpha value is -4.65. The zero-order chi connectivity index (χ0) is 30.3. The molecule has 0 bridgehead atoms. The molecule has 1 aliphatic heterocycles. The second-order valence-corrected chi connectivity index (χ2v) is 9.18. The van der Waals surface area contributed by atoms with Crippen LogP contribution >= 0.6 is 0 Å². The van der Waals surface area contributed by atoms with Crippen LogP contribution in [-0.4, -0.2) is 64.7 Å². The van der Waals surface area contributed by atoms with E-state index in [1.165, 1.54) is 24.3 Å². The number of hydrogen-bond donors (Lipinski definition) is 3. The minimum Gasteiger partial charge on any atom is -0.473 e. The lowest BCUT2D eigenvalue weighted by Crippen LogP contribution is -2.45. The highest BCUT2D eigenvalue weighted by atomic mass is 19.4. The Morgan fingerprint density at radius 1 is 0.976 bits per heavy atom. The zero-order valence-corrected chi connectivity index (χ0v) is 22.3. The Morgan fingerprint density at radius 2 is 1.59 bits per heavy atom. The molecule has 3 N–H and O–H groups in total. The quantitative estimate of drug-likeness (QED) is 0.360. The molecular weight excluding hydrogens is 547 g/mol. The standard InChI is InChI=1S/C26H26F3N3O3.C2H2O4/c1-16-14-32(15-17(2)34-16)24-12-9-20(13-30-24)31-25(33)23-6-4-5-22(18(23)3)19-7-10-21(11-8-19)35-26(27,28)29;3-1(4)2(5)6/h4-13,16-17H,14-15H2,1-3H3,(H,31,33);(H,3,4)(H,5,6)/t16-,17+;. The number of halogens is 3. The normalized spacial score (nSPS) is 16.7. The minimum absolute atomic E-state index is 0.114. The highest BCUT2D eigenvalue weighted by molar-refractivity contribution is 6.27. The molecule has 1 saturated heterocycles. The van der Waals surface area contributed by atoms with E-state index in [4.69, 9.17) is 24.5 Å². The van der Waals surface area contributed by atoms with E-state index in [1.807, 2.05) is 32.0 Å². The number of morpholine rings is 1. The van der Waals surface area contributed by atoms with Gasteiger partial charge in [-0.15, -0.1) is 13.2 Å². The van der Waals surface area contributed by atoms with Gasteiger partial charge in [0.25, 0.3) is 5.91 Å². The summed E-state index contributed by atoms with van der Waals surface area (Å²) in [5.74, 6) is -3.43. The largest absolute Gasteiger partial charge is 0.573 e. The van der Waals surface area contributed by atoms with E-state index >= 15 is 0 Å². The third-order valence-electron chi connectivity index (χ3n) is 5.91. The summed E-state index contributed by atoms with van der Waals surface area (Å²) in [5.41, 5.74) is 3.13. The maximum Gasteiger partial charge on any atom is 0.573 e. The first kappa shape index (κ1) is 30.9. The highest BCUT2D eigenvalue weighted by Crippen LogP contribution is 2.30. The molecule has 41 heavy (non-hydrogen) atoms. The predicted molar refractivity (Wildman–Crippen MR) is 143 cm³/mol. The molecule has 10 nitrogen and oxygen atoms in total. The van der Waals surface area contributed by atoms with Gasteiger partial charge in [-0.1, -0.05) is 24.3 Å². The summed E-state index contributed by atoms with van der Waals surface area (Å²) in [6.45, 7) is 7.35. The number of nitrogens with zero attached hydrogens (tertiary/aromatic N) is 2. The number of benzene rings is 2. The second kappa shape index (κ2) is 13.1. The number of ether oxygens (including phenoxy) is 2. The van der Waals surface area contributed by atoms with Crippen molar-refractivity contribution in [1.29, 1.82) is 0 Å². The predicted octanol–water partition coefficient (Wildman–Crippen LogP) is 4.98. The number of nitrogens with one attached hydrogen (secondary N) is 1. The van der Waals surface area contributed by atoms with Crippen molar-refractivity contribution in [1.82, 2.24) is 4.98 Å². The van der Waals surface area contributed by atoms with E-state index in [0.717, 1.165) is 24.5 Å². The van der Waals surface area contributed by atoms with Gasteiger partial charge < -0.3 is 29.9 Å². The molecule has 3 aromatic rings. The summed E-state index contributed by atoms with van der Waals surface area (Å²) in [5, 5.41) is 17.7. The minimum atomic E-state index is -4.75. The summed E-state index contributed by atoms with van der Waals surface area (Å²) >= 11 is 0. The van der Waals surface area contributed by atoms with Crippen LogP contribution in [-0.2, 0) is 14.3 Å². The smallest absolute Gasteiger partial charge is 0.473 e. The van der Waals surface area contributed by atoms with Gasteiger partial charge in [0.05, 0.1) is 24.1 Å². The number of carboxylic acid groups (broad SMARTS) is 2. The van der Waals surface area contributed by atoms with Gasteiger partial charge in [-0.3, -0.25) is 4.79 Å². The van der Waals surface area contributed by atoms with Crippen molar-refractivity contribution in [2.24, 2.45) is 0 Å². The van der Waals surface area contributed by atoms with Crippen molar-refractivity contribution in [3.05, 3.63) is 71.9 Å². The number of anilines is 2. The first-order valence-electron chi connectivity index (χ1n) is 12.3. The molecule has 1 aromatic heterocycles. The molecule has 2 atom stereocenters. The zero-order valence-electron chi connectivity index (χ0n) is 22.3. The number of alkyl halides is 3. The van der Waals surface area contributed by atoms with Crippen molar-refractivity contribution < 1.29 is 47.2 Å². The van der Waals surface area contributed by atoms with Gasteiger partial charge in [-0.05, 0) is 67.8 Å². The molecule has 4 rings (SSSR count). The van der Waals surface area contributed by atoms with E-state index < -0.39 is 18.3 Å². The molecule has 218 valence electrons. The average molecular weight is 576 g/mol. The maximum atomic E-state index is 13.0. The maximum absolute atomic E-state index is 13.0. The van der Waals surface area contributed by atoms with E-state index in [0.29, 0.717) is 22.4 Å². The Balaban J connectivity index is 0.000000696. The monoisotopic (exact) mass is 575 g/mol. The van der Waals surface area contributed by atoms with E-state index in [9.17, 15) is 18.0 Å². The summed E-state index contributed by atoms with van der Waals surface area (Å²) in [4.78, 5) is 37.8. The van der Waals surface area contributed by atoms with Gasteiger partial charge in [-0.2, -0.15) is 0 Å². The van der Waals surface area contributed by atoms with Crippen molar-refractivity contribution in [2.45, 2.75) is 39.3 Å². The first-order valence-corrected chi connectivity index (χ1v) is 12.3. The number of hydrogen-bond acceptors (Lipinski definition) is 7. The number of pyridine rings is 1. The van der Waals surface area contributed by atoms with Crippen molar-refractivity contribution >= 4 is 29.4 Å². The molecule has 13 heteroatoms. The molecular formula is C28H28F3N3O7. The number of rotatable bonds is 5. The van der Waals surface area contributed by atoms with E-state index in [2.05, 4.69) is 19.9 Å². The molecule has 2 heterocycles. The van der Waals surface area contributed by atoms with Gasteiger partial charge in [0, 0.05) is 18.7 Å². The Kier molecular flexibility index (Phi) is 9.90. The number of aromatic nitrogens is 1. The SMILES string of the molecule is Cc1c(C(=O)Nc2ccc(N3C[C@@H](C)O[C@@H](C)C3)nc2)cccc1-c1ccc(OC(F)(F)F)cc1.O=C(O)C(=O)O. The van der Waals surface area contributed by atoms with Crippen molar-refractivity contribution in [3.8, 4) is 16.9 Å². The van der Waals surface area contributed by atoms with E-state index in [1.54, 1.807) is 25.3 Å². The lowest BCUT2D eigenvalue weighted by molar-refractivity contribution is -0.274. The van der Waals surface area contributed by atoms with Crippen LogP contribution in [0.5, 0.6) is 5.75 Å². The molecule has 0 spiro atoms. The Labute approximate surface area is 233 Å². The number of carbonyl (C=O) groups is 3. The lowest BCUT2D eigenvalue weighted by Gasteiger charge is -2.36. The number of carbonyl (C=O) groups excluding carboxylic acids is 1. The molecule has 1 aliphatic rings. The number of carboxylic acids is 2. The molecule has 1 amide bonds. The third-order valence-corrected chi connectivity index (χ3v) is 5.91. The van der Waals surface area contributed by atoms with Crippen LogP contribution in [0.4, 0.5) is 24.7 Å². The topological polar surface area (TPSA) is 138 Å². The summed E-state index contributed by atoms with van der Waals surface area (Å²) in [6.07, 6.45) is -2.90. The molecule has 0 unspecified atom stereocenters. The van der Waals surface area contributed by atoms with Gasteiger partial charge in [-0.25, -0.2) is 14.6 Å². The van der Waals surface area contributed by atoms with Gasteiger partial charge in [0.15, 0.2) is 0 Å². The Bertz CT molecular complexity index is 1360. The number of aliphatic carboxylic acids is 2. The van der Waals surface area contributed by atoms with Crippen LogP contribution in [0.1, 0.15) is 29.8 Å². The van der Waals surface area contributed by atoms with Gasteiger partial charge >= 0.3 is 18.3 Å². The molecule has 1 fully saturated rings. The lowest BCUT2D eigenvalue weighted by atomic mass is 9.96. The highest BCUT2D eigenvalue weighted by Gasteiger charge is 2.31. The van der Waals surface area contributed by atoms with Crippen LogP contribution in [0.25, 0.3) is 11.1 Å². The van der Waals surface area contributed by atoms with Crippen LogP contribution < -0.4 is 15.0 Å². The second-order valence-electron chi connectivity index (χ2n) is 9.18.